The molecule has 3 heteroatoms. The minimum absolute atomic E-state index is 0.0721. The highest BCUT2D eigenvalue weighted by molar-refractivity contribution is 5.43. The molecule has 0 atom stereocenters. The topological polar surface area (TPSA) is 30.5 Å². The van der Waals surface area contributed by atoms with Gasteiger partial charge in [-0.05, 0) is 50.3 Å². The van der Waals surface area contributed by atoms with Crippen molar-refractivity contribution in [1.29, 1.82) is 0 Å². The van der Waals surface area contributed by atoms with Crippen LogP contribution < -0.4 is 14.8 Å². The van der Waals surface area contributed by atoms with Gasteiger partial charge >= 0.3 is 0 Å². The molecule has 0 radical (unpaired) electrons. The van der Waals surface area contributed by atoms with E-state index in [1.807, 2.05) is 19.1 Å². The van der Waals surface area contributed by atoms with Crippen molar-refractivity contribution in [1.82, 2.24) is 5.32 Å². The second kappa shape index (κ2) is 8.26. The highest BCUT2D eigenvalue weighted by atomic mass is 16.5. The Morgan fingerprint density at radius 3 is 2.35 bits per heavy atom. The summed E-state index contributed by atoms with van der Waals surface area (Å²) in [6, 6.07) is 6.00. The molecule has 0 aliphatic carbocycles. The summed E-state index contributed by atoms with van der Waals surface area (Å²) in [6.45, 7) is 14.9. The third kappa shape index (κ3) is 7.43. The monoisotopic (exact) mass is 317 g/mol. The van der Waals surface area contributed by atoms with Crippen molar-refractivity contribution < 1.29 is 9.47 Å². The van der Waals surface area contributed by atoms with Gasteiger partial charge in [-0.1, -0.05) is 32.8 Å². The lowest BCUT2D eigenvalue weighted by atomic mass is 9.82. The van der Waals surface area contributed by atoms with E-state index in [1.165, 1.54) is 5.56 Å². The second-order valence-corrected chi connectivity index (χ2v) is 7.68. The SMILES string of the molecule is C#CCOc1ccc(CNC(C)(C)CC(C)(C)C)cc1OCC. The van der Waals surface area contributed by atoms with E-state index in [4.69, 9.17) is 15.9 Å². The van der Waals surface area contributed by atoms with E-state index < -0.39 is 0 Å². The Kier molecular flexibility index (Phi) is 6.97. The zero-order valence-electron chi connectivity index (χ0n) is 15.5. The van der Waals surface area contributed by atoms with Crippen molar-refractivity contribution in [3.05, 3.63) is 23.8 Å². The number of terminal acetylenes is 1. The number of rotatable bonds is 8. The first-order valence-electron chi connectivity index (χ1n) is 8.24. The van der Waals surface area contributed by atoms with Crippen LogP contribution in [0.15, 0.2) is 18.2 Å². The molecular formula is C20H31NO2. The first-order valence-corrected chi connectivity index (χ1v) is 8.24. The predicted molar refractivity (Wildman–Crippen MR) is 96.9 cm³/mol. The van der Waals surface area contributed by atoms with Crippen LogP contribution in [0.25, 0.3) is 0 Å². The molecule has 0 spiro atoms. The number of benzene rings is 1. The van der Waals surface area contributed by atoms with E-state index in [9.17, 15) is 0 Å². The van der Waals surface area contributed by atoms with E-state index >= 15 is 0 Å². The quantitative estimate of drug-likeness (QED) is 0.721. The standard InChI is InChI=1S/C20H31NO2/c1-8-12-23-17-11-10-16(13-18(17)22-9-2)14-21-20(6,7)15-19(3,4)5/h1,10-11,13,21H,9,12,14-15H2,2-7H3. The smallest absolute Gasteiger partial charge is 0.162 e. The van der Waals surface area contributed by atoms with Gasteiger partial charge < -0.3 is 14.8 Å². The van der Waals surface area contributed by atoms with Gasteiger partial charge in [-0.3, -0.25) is 0 Å². The van der Waals surface area contributed by atoms with Crippen LogP contribution in [0.1, 0.15) is 53.5 Å². The Hall–Kier alpha value is -1.66. The van der Waals surface area contributed by atoms with Crippen LogP contribution in [0.5, 0.6) is 11.5 Å². The number of nitrogens with one attached hydrogen (secondary N) is 1. The predicted octanol–water partition coefficient (Wildman–Crippen LogP) is 4.40. The molecule has 1 N–H and O–H groups in total. The summed E-state index contributed by atoms with van der Waals surface area (Å²) < 4.78 is 11.2. The van der Waals surface area contributed by atoms with Crippen molar-refractivity contribution in [2.24, 2.45) is 5.41 Å². The zero-order chi connectivity index (χ0) is 17.5. The summed E-state index contributed by atoms with van der Waals surface area (Å²) in [5.41, 5.74) is 1.53. The van der Waals surface area contributed by atoms with E-state index in [0.29, 0.717) is 17.8 Å². The maximum Gasteiger partial charge on any atom is 0.162 e. The Balaban J connectivity index is 2.77. The summed E-state index contributed by atoms with van der Waals surface area (Å²) in [6.07, 6.45) is 6.35. The molecular weight excluding hydrogens is 286 g/mol. The van der Waals surface area contributed by atoms with Gasteiger partial charge in [0.2, 0.25) is 0 Å². The van der Waals surface area contributed by atoms with Gasteiger partial charge in [0.1, 0.15) is 6.61 Å². The van der Waals surface area contributed by atoms with Crippen molar-refractivity contribution in [2.45, 2.75) is 60.0 Å². The van der Waals surface area contributed by atoms with Gasteiger partial charge in [0.15, 0.2) is 11.5 Å². The largest absolute Gasteiger partial charge is 0.490 e. The summed E-state index contributed by atoms with van der Waals surface area (Å²) >= 11 is 0. The van der Waals surface area contributed by atoms with Crippen molar-refractivity contribution in [2.75, 3.05) is 13.2 Å². The summed E-state index contributed by atoms with van der Waals surface area (Å²) in [5.74, 6) is 3.92. The molecule has 1 aromatic carbocycles. The molecule has 0 saturated heterocycles. The van der Waals surface area contributed by atoms with Gasteiger partial charge in [-0.2, -0.15) is 0 Å². The zero-order valence-corrected chi connectivity index (χ0v) is 15.5. The summed E-state index contributed by atoms with van der Waals surface area (Å²) in [7, 11) is 0. The van der Waals surface area contributed by atoms with Gasteiger partial charge in [-0.25, -0.2) is 0 Å². The Morgan fingerprint density at radius 1 is 1.09 bits per heavy atom. The minimum atomic E-state index is 0.0721. The fraction of sp³-hybridized carbons (Fsp3) is 0.600. The molecule has 23 heavy (non-hydrogen) atoms. The molecule has 128 valence electrons. The molecule has 0 heterocycles. The van der Waals surface area contributed by atoms with Crippen LogP contribution in [-0.4, -0.2) is 18.8 Å². The first-order chi connectivity index (χ1) is 10.7. The van der Waals surface area contributed by atoms with Crippen LogP contribution in [-0.2, 0) is 6.54 Å². The third-order valence-electron chi connectivity index (χ3n) is 3.36. The minimum Gasteiger partial charge on any atom is -0.490 e. The van der Waals surface area contributed by atoms with Crippen LogP contribution in [0.2, 0.25) is 0 Å². The Morgan fingerprint density at radius 2 is 1.78 bits per heavy atom. The molecule has 0 aliphatic rings. The van der Waals surface area contributed by atoms with E-state index in [-0.39, 0.29) is 12.1 Å². The molecule has 0 unspecified atom stereocenters. The molecule has 0 amide bonds. The highest BCUT2D eigenvalue weighted by Gasteiger charge is 2.24. The molecule has 3 nitrogen and oxygen atoms in total. The van der Waals surface area contributed by atoms with Crippen molar-refractivity contribution >= 4 is 0 Å². The molecule has 0 saturated carbocycles. The van der Waals surface area contributed by atoms with E-state index in [0.717, 1.165) is 18.7 Å². The second-order valence-electron chi connectivity index (χ2n) is 7.68. The Labute approximate surface area is 141 Å². The van der Waals surface area contributed by atoms with Crippen molar-refractivity contribution in [3.63, 3.8) is 0 Å². The number of hydrogen-bond acceptors (Lipinski definition) is 3. The maximum absolute atomic E-state index is 5.67. The van der Waals surface area contributed by atoms with Crippen LogP contribution in [0, 0.1) is 17.8 Å². The molecule has 0 bridgehead atoms. The van der Waals surface area contributed by atoms with Gasteiger partial charge in [0.05, 0.1) is 6.61 Å². The molecule has 0 fully saturated rings. The lowest BCUT2D eigenvalue weighted by Gasteiger charge is -2.33. The average Bonchev–Trinajstić information content (AvgIpc) is 2.42. The third-order valence-corrected chi connectivity index (χ3v) is 3.36. The van der Waals surface area contributed by atoms with E-state index in [2.05, 4.69) is 51.9 Å². The first kappa shape index (κ1) is 19.4. The Bertz CT molecular complexity index is 536. The summed E-state index contributed by atoms with van der Waals surface area (Å²) in [4.78, 5) is 0. The average molecular weight is 317 g/mol. The number of hydrogen-bond donors (Lipinski definition) is 1. The van der Waals surface area contributed by atoms with Crippen LogP contribution >= 0.6 is 0 Å². The molecule has 1 aromatic rings. The van der Waals surface area contributed by atoms with E-state index in [1.54, 1.807) is 0 Å². The lowest BCUT2D eigenvalue weighted by molar-refractivity contribution is 0.240. The fourth-order valence-electron chi connectivity index (χ4n) is 2.90. The van der Waals surface area contributed by atoms with Crippen LogP contribution in [0.4, 0.5) is 0 Å². The summed E-state index contributed by atoms with van der Waals surface area (Å²) in [5, 5.41) is 3.64. The molecule has 0 aromatic heterocycles. The van der Waals surface area contributed by atoms with Gasteiger partial charge in [0.25, 0.3) is 0 Å². The maximum atomic E-state index is 5.67. The molecule has 1 rings (SSSR count). The number of ether oxygens (including phenoxy) is 2. The highest BCUT2D eigenvalue weighted by Crippen LogP contribution is 2.30. The lowest BCUT2D eigenvalue weighted by Crippen LogP contribution is -2.41. The molecule has 0 aliphatic heterocycles. The van der Waals surface area contributed by atoms with Crippen LogP contribution in [0.3, 0.4) is 0 Å². The normalized spacial score (nSPS) is 11.9. The van der Waals surface area contributed by atoms with Gasteiger partial charge in [-0.15, -0.1) is 6.42 Å². The van der Waals surface area contributed by atoms with Gasteiger partial charge in [0, 0.05) is 12.1 Å². The fourth-order valence-corrected chi connectivity index (χ4v) is 2.90. The van der Waals surface area contributed by atoms with Crippen molar-refractivity contribution in [3.8, 4) is 23.8 Å².